The number of benzene rings is 1. The van der Waals surface area contributed by atoms with Crippen LogP contribution in [-0.2, 0) is 4.74 Å². The van der Waals surface area contributed by atoms with Gasteiger partial charge < -0.3 is 44.3 Å². The van der Waals surface area contributed by atoms with E-state index in [1.54, 1.807) is 7.11 Å². The van der Waals surface area contributed by atoms with Gasteiger partial charge in [0.2, 0.25) is 0 Å². The van der Waals surface area contributed by atoms with Crippen molar-refractivity contribution in [2.75, 3.05) is 51.3 Å². The normalized spacial score (nSPS) is 16.1. The summed E-state index contributed by atoms with van der Waals surface area (Å²) in [6.07, 6.45) is -0.229. The third kappa shape index (κ3) is 8.34. The van der Waals surface area contributed by atoms with Gasteiger partial charge in [-0.05, 0) is 24.0 Å². The standard InChI is InChI=1S/C21H36N2O3.2ClH/c1-16(2)21(17(3)4)26-15-19(24)14-22-9-11-23(12-10-22)18-7-6-8-20(13-18)25-5;;/h6-8,13,16-17,19,21,24H,9-12,14-15H2,1-5H3;2*1H/p-2. The van der Waals surface area contributed by atoms with Gasteiger partial charge in [-0.2, -0.15) is 0 Å². The van der Waals surface area contributed by atoms with Crippen LogP contribution in [0, 0.1) is 11.8 Å². The van der Waals surface area contributed by atoms with Crippen LogP contribution in [0.5, 0.6) is 5.75 Å². The number of nitrogens with zero attached hydrogens (tertiary/aromatic N) is 2. The number of hydrogen-bond acceptors (Lipinski definition) is 5. The quantitative estimate of drug-likeness (QED) is 0.445. The molecule has 1 unspecified atom stereocenters. The fourth-order valence-corrected chi connectivity index (χ4v) is 3.72. The van der Waals surface area contributed by atoms with Gasteiger partial charge in [-0.25, -0.2) is 0 Å². The third-order valence-electron chi connectivity index (χ3n) is 5.05. The first kappa shape index (κ1) is 27.3. The fraction of sp³-hybridized carbons (Fsp3) is 0.714. The van der Waals surface area contributed by atoms with Gasteiger partial charge in [0.15, 0.2) is 0 Å². The average Bonchev–Trinajstić information content (AvgIpc) is 2.62. The van der Waals surface area contributed by atoms with Crippen molar-refractivity contribution in [3.63, 3.8) is 0 Å². The van der Waals surface area contributed by atoms with E-state index in [0.29, 0.717) is 25.0 Å². The van der Waals surface area contributed by atoms with E-state index in [9.17, 15) is 5.11 Å². The number of piperazine rings is 1. The minimum Gasteiger partial charge on any atom is -1.00 e. The van der Waals surface area contributed by atoms with Crippen molar-refractivity contribution in [1.82, 2.24) is 4.90 Å². The molecule has 0 bridgehead atoms. The topological polar surface area (TPSA) is 45.2 Å². The molecule has 7 heteroatoms. The summed E-state index contributed by atoms with van der Waals surface area (Å²) in [6, 6.07) is 8.20. The van der Waals surface area contributed by atoms with Crippen LogP contribution in [0.3, 0.4) is 0 Å². The zero-order valence-electron chi connectivity index (χ0n) is 17.8. The van der Waals surface area contributed by atoms with Crippen molar-refractivity contribution in [3.8, 4) is 5.75 Å². The molecule has 1 atom stereocenters. The van der Waals surface area contributed by atoms with Crippen LogP contribution in [0.4, 0.5) is 5.69 Å². The minimum atomic E-state index is -0.432. The summed E-state index contributed by atoms with van der Waals surface area (Å²) in [5.41, 5.74) is 1.20. The van der Waals surface area contributed by atoms with E-state index in [2.05, 4.69) is 49.6 Å². The van der Waals surface area contributed by atoms with Gasteiger partial charge in [-0.3, -0.25) is 4.90 Å². The Balaban J connectivity index is 0.00000364. The van der Waals surface area contributed by atoms with Crippen molar-refractivity contribution >= 4 is 5.69 Å². The number of halogens is 2. The van der Waals surface area contributed by atoms with Gasteiger partial charge in [-0.15, -0.1) is 0 Å². The number of rotatable bonds is 9. The first-order valence-electron chi connectivity index (χ1n) is 9.81. The van der Waals surface area contributed by atoms with Crippen molar-refractivity contribution in [1.29, 1.82) is 0 Å². The third-order valence-corrected chi connectivity index (χ3v) is 5.05. The minimum absolute atomic E-state index is 0. The highest BCUT2D eigenvalue weighted by Gasteiger charge is 2.22. The lowest BCUT2D eigenvalue weighted by Crippen LogP contribution is -3.00. The van der Waals surface area contributed by atoms with Gasteiger partial charge in [0.1, 0.15) is 5.75 Å². The second kappa shape index (κ2) is 13.5. The monoisotopic (exact) mass is 434 g/mol. The molecule has 164 valence electrons. The van der Waals surface area contributed by atoms with Crippen LogP contribution in [0.2, 0.25) is 0 Å². The highest BCUT2D eigenvalue weighted by atomic mass is 35.5. The van der Waals surface area contributed by atoms with E-state index in [1.807, 2.05) is 12.1 Å². The Morgan fingerprint density at radius 2 is 1.61 bits per heavy atom. The highest BCUT2D eigenvalue weighted by molar-refractivity contribution is 5.51. The van der Waals surface area contributed by atoms with Crippen LogP contribution >= 0.6 is 0 Å². The second-order valence-corrected chi connectivity index (χ2v) is 7.93. The van der Waals surface area contributed by atoms with Crippen LogP contribution in [0.15, 0.2) is 24.3 Å². The number of methoxy groups -OCH3 is 1. The van der Waals surface area contributed by atoms with Crippen molar-refractivity contribution in [2.24, 2.45) is 11.8 Å². The first-order chi connectivity index (χ1) is 12.4. The van der Waals surface area contributed by atoms with Crippen molar-refractivity contribution in [3.05, 3.63) is 24.3 Å². The SMILES string of the molecule is COc1cccc(N2CCN(CC(O)COC(C(C)C)C(C)C)CC2)c1.[Cl-].[Cl-]. The molecule has 1 heterocycles. The summed E-state index contributed by atoms with van der Waals surface area (Å²) in [7, 11) is 1.70. The maximum absolute atomic E-state index is 10.4. The predicted octanol–water partition coefficient (Wildman–Crippen LogP) is -3.12. The molecule has 1 aromatic rings. The summed E-state index contributed by atoms with van der Waals surface area (Å²) in [4.78, 5) is 4.69. The van der Waals surface area contributed by atoms with E-state index < -0.39 is 6.10 Å². The molecule has 1 N–H and O–H groups in total. The Labute approximate surface area is 183 Å². The molecule has 0 spiro atoms. The maximum atomic E-state index is 10.4. The molecule has 1 fully saturated rings. The van der Waals surface area contributed by atoms with E-state index in [0.717, 1.165) is 31.9 Å². The molecule has 1 aliphatic heterocycles. The molecule has 1 aromatic carbocycles. The van der Waals surface area contributed by atoms with E-state index in [4.69, 9.17) is 9.47 Å². The lowest BCUT2D eigenvalue weighted by molar-refractivity contribution is -0.0561. The largest absolute Gasteiger partial charge is 1.00 e. The van der Waals surface area contributed by atoms with Gasteiger partial charge in [0.05, 0.1) is 25.9 Å². The Morgan fingerprint density at radius 3 is 2.14 bits per heavy atom. The molecule has 1 aliphatic rings. The van der Waals surface area contributed by atoms with Crippen molar-refractivity contribution in [2.45, 2.75) is 39.9 Å². The van der Waals surface area contributed by atoms with E-state index in [-0.39, 0.29) is 30.9 Å². The summed E-state index contributed by atoms with van der Waals surface area (Å²) < 4.78 is 11.3. The zero-order valence-corrected chi connectivity index (χ0v) is 19.3. The summed E-state index contributed by atoms with van der Waals surface area (Å²) in [6.45, 7) is 13.6. The molecule has 28 heavy (non-hydrogen) atoms. The summed E-state index contributed by atoms with van der Waals surface area (Å²) in [5.74, 6) is 1.82. The lowest BCUT2D eigenvalue weighted by Gasteiger charge is -2.37. The molecule has 0 radical (unpaired) electrons. The van der Waals surface area contributed by atoms with E-state index >= 15 is 0 Å². The Bertz CT molecular complexity index is 530. The Kier molecular flexibility index (Phi) is 13.1. The van der Waals surface area contributed by atoms with Crippen molar-refractivity contribution < 1.29 is 39.4 Å². The molecule has 0 aliphatic carbocycles. The number of anilines is 1. The second-order valence-electron chi connectivity index (χ2n) is 7.93. The molecule has 0 saturated carbocycles. The number of aliphatic hydroxyl groups excluding tert-OH is 1. The van der Waals surface area contributed by atoms with E-state index in [1.165, 1.54) is 5.69 Å². The van der Waals surface area contributed by atoms with Gasteiger partial charge in [0.25, 0.3) is 0 Å². The molecule has 0 amide bonds. The molecule has 5 nitrogen and oxygen atoms in total. The first-order valence-corrected chi connectivity index (χ1v) is 9.81. The molecular formula is C21H36Cl2N2O3-2. The number of hydrogen-bond donors (Lipinski definition) is 1. The molecular weight excluding hydrogens is 399 g/mol. The Morgan fingerprint density at radius 1 is 1.00 bits per heavy atom. The van der Waals surface area contributed by atoms with Gasteiger partial charge in [0, 0.05) is 44.5 Å². The predicted molar refractivity (Wildman–Crippen MR) is 107 cm³/mol. The zero-order chi connectivity index (χ0) is 19.1. The molecule has 2 rings (SSSR count). The van der Waals surface area contributed by atoms with Gasteiger partial charge >= 0.3 is 0 Å². The Hall–Kier alpha value is -0.720. The number of aliphatic hydroxyl groups is 1. The van der Waals surface area contributed by atoms with Gasteiger partial charge in [-0.1, -0.05) is 33.8 Å². The smallest absolute Gasteiger partial charge is 0.120 e. The van der Waals surface area contributed by atoms with Crippen LogP contribution in [0.25, 0.3) is 0 Å². The highest BCUT2D eigenvalue weighted by Crippen LogP contribution is 2.22. The maximum Gasteiger partial charge on any atom is 0.120 e. The van der Waals surface area contributed by atoms with Crippen LogP contribution < -0.4 is 34.5 Å². The van der Waals surface area contributed by atoms with Crippen LogP contribution in [-0.4, -0.2) is 68.7 Å². The average molecular weight is 435 g/mol. The molecule has 0 aromatic heterocycles. The number of β-amino-alcohol motifs (C(OH)–C–C–N with tert-alkyl or cyclic N) is 1. The summed E-state index contributed by atoms with van der Waals surface area (Å²) in [5, 5.41) is 10.4. The fourth-order valence-electron chi connectivity index (χ4n) is 3.72. The molecule has 1 saturated heterocycles. The lowest BCUT2D eigenvalue weighted by atomic mass is 9.96. The number of ether oxygens (including phenoxy) is 2. The summed E-state index contributed by atoms with van der Waals surface area (Å²) >= 11 is 0. The van der Waals surface area contributed by atoms with Crippen LogP contribution in [0.1, 0.15) is 27.7 Å².